The first kappa shape index (κ1) is 18.4. The molecule has 2 aromatic heterocycles. The van der Waals surface area contributed by atoms with E-state index in [4.69, 9.17) is 17.3 Å². The van der Waals surface area contributed by atoms with Crippen LogP contribution in [0.25, 0.3) is 5.82 Å². The van der Waals surface area contributed by atoms with E-state index in [-0.39, 0.29) is 17.6 Å². The molecule has 0 bridgehead atoms. The third-order valence-electron chi connectivity index (χ3n) is 3.80. The first-order chi connectivity index (χ1) is 11.5. The summed E-state index contributed by atoms with van der Waals surface area (Å²) in [6.07, 6.45) is 2.90. The van der Waals surface area contributed by atoms with Crippen molar-refractivity contribution in [1.82, 2.24) is 20.1 Å². The van der Waals surface area contributed by atoms with Gasteiger partial charge in [0.25, 0.3) is 5.91 Å². The fraction of sp³-hybridized carbons (Fsp3) is 0.471. The first-order valence-electron chi connectivity index (χ1n) is 8.17. The van der Waals surface area contributed by atoms with Crippen molar-refractivity contribution in [2.75, 3.05) is 6.54 Å². The molecule has 6 nitrogen and oxygen atoms in total. The van der Waals surface area contributed by atoms with Crippen molar-refractivity contribution < 1.29 is 4.79 Å². The molecule has 1 amide bonds. The van der Waals surface area contributed by atoms with E-state index in [1.165, 1.54) is 0 Å². The maximum Gasteiger partial charge on any atom is 0.271 e. The summed E-state index contributed by atoms with van der Waals surface area (Å²) in [6, 6.07) is 5.28. The molecule has 2 aromatic rings. The number of hydrogen-bond acceptors (Lipinski definition) is 4. The Morgan fingerprint density at radius 1 is 1.42 bits per heavy atom. The smallest absolute Gasteiger partial charge is 0.271 e. The number of aryl methyl sites for hydroxylation is 2. The normalized spacial score (nSPS) is 12.2. The molecule has 2 rings (SSSR count). The average molecular weight is 350 g/mol. The second kappa shape index (κ2) is 8.26. The fourth-order valence-corrected chi connectivity index (χ4v) is 2.71. The maximum absolute atomic E-state index is 12.5. The lowest BCUT2D eigenvalue weighted by Gasteiger charge is -2.17. The van der Waals surface area contributed by atoms with Crippen LogP contribution in [-0.2, 0) is 0 Å². The fourth-order valence-electron chi connectivity index (χ4n) is 2.52. The Balaban J connectivity index is 2.24. The maximum atomic E-state index is 12.5. The van der Waals surface area contributed by atoms with Crippen LogP contribution in [0.2, 0.25) is 5.02 Å². The molecule has 3 N–H and O–H groups in total. The molecule has 0 aliphatic heterocycles. The molecular weight excluding hydrogens is 326 g/mol. The molecule has 0 saturated carbocycles. The lowest BCUT2D eigenvalue weighted by Crippen LogP contribution is -2.40. The molecule has 0 radical (unpaired) electrons. The summed E-state index contributed by atoms with van der Waals surface area (Å²) in [5.74, 6) is 0.253. The minimum atomic E-state index is -0.310. The molecule has 0 aliphatic rings. The topological polar surface area (TPSA) is 85.8 Å². The predicted octanol–water partition coefficient (Wildman–Crippen LogP) is 2.78. The number of nitrogens with two attached hydrogens (primary N) is 1. The van der Waals surface area contributed by atoms with Gasteiger partial charge in [0.05, 0.1) is 10.7 Å². The van der Waals surface area contributed by atoms with Crippen LogP contribution < -0.4 is 11.1 Å². The Hall–Kier alpha value is -1.92. The van der Waals surface area contributed by atoms with Crippen LogP contribution in [0.4, 0.5) is 0 Å². The molecule has 0 aromatic carbocycles. The third kappa shape index (κ3) is 4.33. The van der Waals surface area contributed by atoms with E-state index in [9.17, 15) is 4.79 Å². The van der Waals surface area contributed by atoms with E-state index in [1.807, 2.05) is 19.9 Å². The Kier molecular flexibility index (Phi) is 6.34. The van der Waals surface area contributed by atoms with Crippen molar-refractivity contribution in [3.63, 3.8) is 0 Å². The summed E-state index contributed by atoms with van der Waals surface area (Å²) in [4.78, 5) is 16.9. The van der Waals surface area contributed by atoms with E-state index in [0.29, 0.717) is 17.4 Å². The van der Waals surface area contributed by atoms with Crippen LogP contribution in [0.3, 0.4) is 0 Å². The standard InChI is InChI=1S/C17H24ClN5O/c1-4-5-6-13(10-19)20-17(24)16-14(18)7-8-15(21-16)23-12(3)9-11(2)22-23/h7-9,13H,4-6,10,19H2,1-3H3,(H,20,24). The lowest BCUT2D eigenvalue weighted by molar-refractivity contribution is 0.0931. The number of unbranched alkanes of at least 4 members (excludes halogenated alkanes) is 1. The summed E-state index contributed by atoms with van der Waals surface area (Å²) in [7, 11) is 0. The molecule has 0 saturated heterocycles. The third-order valence-corrected chi connectivity index (χ3v) is 4.10. The zero-order chi connectivity index (χ0) is 17.7. The first-order valence-corrected chi connectivity index (χ1v) is 8.55. The van der Waals surface area contributed by atoms with Crippen LogP contribution in [0.1, 0.15) is 48.1 Å². The largest absolute Gasteiger partial charge is 0.347 e. The Morgan fingerprint density at radius 2 is 2.17 bits per heavy atom. The molecule has 0 aliphatic carbocycles. The number of nitrogens with one attached hydrogen (secondary N) is 1. The SMILES string of the molecule is CCCCC(CN)NC(=O)c1nc(-n2nc(C)cc2C)ccc1Cl. The Bertz CT molecular complexity index is 713. The molecule has 130 valence electrons. The quantitative estimate of drug-likeness (QED) is 0.804. The Labute approximate surface area is 147 Å². The van der Waals surface area contributed by atoms with Gasteiger partial charge in [-0.05, 0) is 38.5 Å². The van der Waals surface area contributed by atoms with E-state index in [1.54, 1.807) is 16.8 Å². The van der Waals surface area contributed by atoms with Crippen molar-refractivity contribution in [3.05, 3.63) is 40.3 Å². The van der Waals surface area contributed by atoms with Gasteiger partial charge in [0.1, 0.15) is 5.69 Å². The highest BCUT2D eigenvalue weighted by atomic mass is 35.5. The predicted molar refractivity (Wildman–Crippen MR) is 95.7 cm³/mol. The molecule has 1 unspecified atom stereocenters. The minimum Gasteiger partial charge on any atom is -0.347 e. The van der Waals surface area contributed by atoms with Crippen LogP contribution in [0.15, 0.2) is 18.2 Å². The number of nitrogens with zero attached hydrogens (tertiary/aromatic N) is 3. The number of aromatic nitrogens is 3. The monoisotopic (exact) mass is 349 g/mol. The second-order valence-electron chi connectivity index (χ2n) is 5.89. The number of carbonyl (C=O) groups is 1. The van der Waals surface area contributed by atoms with Gasteiger partial charge in [0.2, 0.25) is 0 Å². The van der Waals surface area contributed by atoms with Gasteiger partial charge in [-0.3, -0.25) is 4.79 Å². The van der Waals surface area contributed by atoms with Crippen LogP contribution in [0.5, 0.6) is 0 Å². The highest BCUT2D eigenvalue weighted by molar-refractivity contribution is 6.33. The summed E-state index contributed by atoms with van der Waals surface area (Å²) in [5.41, 5.74) is 7.76. The molecule has 0 spiro atoms. The molecule has 7 heteroatoms. The van der Waals surface area contributed by atoms with Gasteiger partial charge in [-0.1, -0.05) is 31.4 Å². The van der Waals surface area contributed by atoms with Gasteiger partial charge >= 0.3 is 0 Å². The van der Waals surface area contributed by atoms with Gasteiger partial charge in [-0.15, -0.1) is 0 Å². The molecular formula is C17H24ClN5O. The van der Waals surface area contributed by atoms with E-state index >= 15 is 0 Å². The van der Waals surface area contributed by atoms with E-state index in [0.717, 1.165) is 30.7 Å². The van der Waals surface area contributed by atoms with Crippen molar-refractivity contribution in [1.29, 1.82) is 0 Å². The number of pyridine rings is 1. The van der Waals surface area contributed by atoms with Gasteiger partial charge < -0.3 is 11.1 Å². The zero-order valence-electron chi connectivity index (χ0n) is 14.3. The number of carbonyl (C=O) groups excluding carboxylic acids is 1. The highest BCUT2D eigenvalue weighted by Crippen LogP contribution is 2.18. The van der Waals surface area contributed by atoms with Crippen LogP contribution in [0, 0.1) is 13.8 Å². The van der Waals surface area contributed by atoms with Crippen molar-refractivity contribution in [2.45, 2.75) is 46.1 Å². The van der Waals surface area contributed by atoms with E-state index < -0.39 is 0 Å². The summed E-state index contributed by atoms with van der Waals surface area (Å²) in [5, 5.41) is 7.61. The highest BCUT2D eigenvalue weighted by Gasteiger charge is 2.18. The number of hydrogen-bond donors (Lipinski definition) is 2. The average Bonchev–Trinajstić information content (AvgIpc) is 2.90. The lowest BCUT2D eigenvalue weighted by atomic mass is 10.1. The molecule has 0 fully saturated rings. The van der Waals surface area contributed by atoms with Crippen molar-refractivity contribution >= 4 is 17.5 Å². The number of halogens is 1. The van der Waals surface area contributed by atoms with Crippen LogP contribution >= 0.6 is 11.6 Å². The molecule has 2 heterocycles. The van der Waals surface area contributed by atoms with Crippen LogP contribution in [-0.4, -0.2) is 33.3 Å². The van der Waals surface area contributed by atoms with Gasteiger partial charge in [0, 0.05) is 18.3 Å². The van der Waals surface area contributed by atoms with Crippen molar-refractivity contribution in [2.24, 2.45) is 5.73 Å². The van der Waals surface area contributed by atoms with Gasteiger partial charge in [0.15, 0.2) is 5.82 Å². The van der Waals surface area contributed by atoms with Gasteiger partial charge in [-0.2, -0.15) is 5.10 Å². The number of amides is 1. The second-order valence-corrected chi connectivity index (χ2v) is 6.29. The minimum absolute atomic E-state index is 0.0762. The summed E-state index contributed by atoms with van der Waals surface area (Å²) in [6.45, 7) is 6.34. The summed E-state index contributed by atoms with van der Waals surface area (Å²) >= 11 is 6.17. The zero-order valence-corrected chi connectivity index (χ0v) is 15.1. The Morgan fingerprint density at radius 3 is 2.75 bits per heavy atom. The molecule has 1 atom stereocenters. The van der Waals surface area contributed by atoms with Crippen molar-refractivity contribution in [3.8, 4) is 5.82 Å². The molecule has 24 heavy (non-hydrogen) atoms. The number of rotatable bonds is 7. The van der Waals surface area contributed by atoms with Gasteiger partial charge in [-0.25, -0.2) is 9.67 Å². The van der Waals surface area contributed by atoms with E-state index in [2.05, 4.69) is 22.3 Å². The summed E-state index contributed by atoms with van der Waals surface area (Å²) < 4.78 is 1.69.